The minimum Gasteiger partial charge on any atom is -0.315 e. The predicted octanol–water partition coefficient (Wildman–Crippen LogP) is 2.87. The lowest BCUT2D eigenvalue weighted by Gasteiger charge is -2.48. The van der Waals surface area contributed by atoms with Crippen molar-refractivity contribution in [3.63, 3.8) is 0 Å². The van der Waals surface area contributed by atoms with Gasteiger partial charge in [0.1, 0.15) is 5.66 Å². The third-order valence-electron chi connectivity index (χ3n) is 6.77. The van der Waals surface area contributed by atoms with Crippen LogP contribution in [0.1, 0.15) is 42.1 Å². The zero-order chi connectivity index (χ0) is 22.6. The number of hydrogen-bond donors (Lipinski definition) is 0. The number of carbonyl (C=O) groups excluding carboxylic acids is 3. The first-order chi connectivity index (χ1) is 15.3. The van der Waals surface area contributed by atoms with Crippen LogP contribution in [0.3, 0.4) is 0 Å². The molecule has 2 aromatic carbocycles. The lowest BCUT2D eigenvalue weighted by atomic mass is 9.98. The molecular formula is C23H22N4O5. The van der Waals surface area contributed by atoms with Gasteiger partial charge in [-0.15, -0.1) is 0 Å². The molecule has 1 unspecified atom stereocenters. The lowest BCUT2D eigenvalue weighted by molar-refractivity contribution is -0.384. The van der Waals surface area contributed by atoms with Gasteiger partial charge >= 0.3 is 0 Å². The molecule has 0 aromatic heterocycles. The summed E-state index contributed by atoms with van der Waals surface area (Å²) in [5.74, 6) is -0.431. The number of non-ortho nitro benzene ring substituents is 1. The fraction of sp³-hybridized carbons (Fsp3) is 0.348. The molecule has 3 aliphatic heterocycles. The Labute approximate surface area is 184 Å². The van der Waals surface area contributed by atoms with Gasteiger partial charge in [-0.1, -0.05) is 18.2 Å². The molecular weight excluding hydrogens is 412 g/mol. The molecule has 5 rings (SSSR count). The summed E-state index contributed by atoms with van der Waals surface area (Å²) in [5, 5.41) is 11.1. The van der Waals surface area contributed by atoms with Crippen LogP contribution in [0, 0.1) is 10.1 Å². The number of nitrogens with zero attached hydrogens (tertiary/aromatic N) is 4. The van der Waals surface area contributed by atoms with Gasteiger partial charge < -0.3 is 9.80 Å². The molecule has 0 aliphatic carbocycles. The Kier molecular flexibility index (Phi) is 4.51. The minimum absolute atomic E-state index is 0.0374. The Morgan fingerprint density at radius 3 is 2.69 bits per heavy atom. The quantitative estimate of drug-likeness (QED) is 0.544. The topological polar surface area (TPSA) is 104 Å². The maximum atomic E-state index is 13.3. The number of para-hydroxylation sites is 1. The second kappa shape index (κ2) is 7.15. The number of nitro groups is 1. The van der Waals surface area contributed by atoms with Gasteiger partial charge in [0.15, 0.2) is 0 Å². The largest absolute Gasteiger partial charge is 0.315 e. The average Bonchev–Trinajstić information content (AvgIpc) is 3.34. The van der Waals surface area contributed by atoms with E-state index >= 15 is 0 Å². The van der Waals surface area contributed by atoms with E-state index in [1.807, 2.05) is 6.92 Å². The van der Waals surface area contributed by atoms with Crippen molar-refractivity contribution in [3.05, 3.63) is 63.7 Å². The highest BCUT2D eigenvalue weighted by molar-refractivity contribution is 6.10. The molecule has 2 aromatic rings. The molecule has 3 heterocycles. The standard InChI is InChI=1S/C23H22N4O5/c1-23-11-8-21(29)26(23)18-5-3-2-4-17(18)22(30)25(23)13-10-20(28)24-12-9-15-6-7-16(27(31)32)14-19(15)24/h2-7,14H,8-13H2,1H3. The maximum Gasteiger partial charge on any atom is 0.271 e. The highest BCUT2D eigenvalue weighted by Crippen LogP contribution is 2.44. The van der Waals surface area contributed by atoms with Crippen molar-refractivity contribution in [1.29, 1.82) is 0 Å². The fourth-order valence-corrected chi connectivity index (χ4v) is 5.12. The SMILES string of the molecule is CC12CCC(=O)N1c1ccccc1C(=O)N2CCC(=O)N1CCc2ccc([N+](=O)[O-])cc21. The van der Waals surface area contributed by atoms with Crippen LogP contribution in [0.5, 0.6) is 0 Å². The lowest BCUT2D eigenvalue weighted by Crippen LogP contribution is -2.62. The summed E-state index contributed by atoms with van der Waals surface area (Å²) in [5.41, 5.74) is 1.65. The first kappa shape index (κ1) is 20.2. The van der Waals surface area contributed by atoms with E-state index in [0.717, 1.165) is 5.56 Å². The smallest absolute Gasteiger partial charge is 0.271 e. The molecule has 9 heteroatoms. The van der Waals surface area contributed by atoms with Crippen molar-refractivity contribution in [2.24, 2.45) is 0 Å². The molecule has 32 heavy (non-hydrogen) atoms. The molecule has 0 bridgehead atoms. The monoisotopic (exact) mass is 434 g/mol. The molecule has 1 fully saturated rings. The second-order valence-electron chi connectivity index (χ2n) is 8.54. The van der Waals surface area contributed by atoms with Crippen molar-refractivity contribution in [3.8, 4) is 0 Å². The Balaban J connectivity index is 1.39. The molecule has 0 radical (unpaired) electrons. The van der Waals surface area contributed by atoms with E-state index < -0.39 is 10.6 Å². The predicted molar refractivity (Wildman–Crippen MR) is 116 cm³/mol. The average molecular weight is 434 g/mol. The third-order valence-corrected chi connectivity index (χ3v) is 6.77. The van der Waals surface area contributed by atoms with Crippen LogP contribution in [0.25, 0.3) is 0 Å². The van der Waals surface area contributed by atoms with Crippen molar-refractivity contribution in [1.82, 2.24) is 4.90 Å². The van der Waals surface area contributed by atoms with Crippen molar-refractivity contribution >= 4 is 34.8 Å². The number of nitro benzene ring substituents is 1. The Hall–Kier alpha value is -3.75. The zero-order valence-corrected chi connectivity index (χ0v) is 17.6. The van der Waals surface area contributed by atoms with Crippen molar-refractivity contribution < 1.29 is 19.3 Å². The number of fused-ring (bicyclic) bond motifs is 4. The van der Waals surface area contributed by atoms with E-state index in [1.165, 1.54) is 12.1 Å². The summed E-state index contributed by atoms with van der Waals surface area (Å²) in [6.45, 7) is 2.48. The van der Waals surface area contributed by atoms with E-state index in [9.17, 15) is 24.5 Å². The van der Waals surface area contributed by atoms with Crippen LogP contribution in [-0.2, 0) is 16.0 Å². The molecule has 3 amide bonds. The molecule has 0 spiro atoms. The number of hydrogen-bond acceptors (Lipinski definition) is 5. The fourth-order valence-electron chi connectivity index (χ4n) is 5.12. The molecule has 1 saturated heterocycles. The number of rotatable bonds is 4. The Bertz CT molecular complexity index is 1180. The highest BCUT2D eigenvalue weighted by atomic mass is 16.6. The maximum absolute atomic E-state index is 13.3. The van der Waals surface area contributed by atoms with Crippen molar-refractivity contribution in [2.45, 2.75) is 38.3 Å². The van der Waals surface area contributed by atoms with Gasteiger partial charge in [0.05, 0.1) is 21.9 Å². The highest BCUT2D eigenvalue weighted by Gasteiger charge is 2.52. The van der Waals surface area contributed by atoms with Gasteiger partial charge in [0.25, 0.3) is 11.6 Å². The van der Waals surface area contributed by atoms with E-state index in [4.69, 9.17) is 0 Å². The molecule has 9 nitrogen and oxygen atoms in total. The number of anilines is 2. The summed E-state index contributed by atoms with van der Waals surface area (Å²) in [7, 11) is 0. The number of amides is 3. The summed E-state index contributed by atoms with van der Waals surface area (Å²) in [4.78, 5) is 54.6. The van der Waals surface area contributed by atoms with Gasteiger partial charge in [0.2, 0.25) is 11.8 Å². The molecule has 0 saturated carbocycles. The van der Waals surface area contributed by atoms with E-state index in [2.05, 4.69) is 0 Å². The second-order valence-corrected chi connectivity index (χ2v) is 8.54. The van der Waals surface area contributed by atoms with Crippen LogP contribution in [0.2, 0.25) is 0 Å². The van der Waals surface area contributed by atoms with Gasteiger partial charge in [-0.2, -0.15) is 0 Å². The zero-order valence-electron chi connectivity index (χ0n) is 17.6. The van der Waals surface area contributed by atoms with E-state index in [-0.39, 0.29) is 36.4 Å². The first-order valence-electron chi connectivity index (χ1n) is 10.6. The van der Waals surface area contributed by atoms with E-state index in [1.54, 1.807) is 45.0 Å². The van der Waals surface area contributed by atoms with Gasteiger partial charge in [-0.05, 0) is 37.5 Å². The first-order valence-corrected chi connectivity index (χ1v) is 10.6. The minimum atomic E-state index is -0.815. The van der Waals surface area contributed by atoms with Gasteiger partial charge in [-0.3, -0.25) is 29.4 Å². The van der Waals surface area contributed by atoms with Crippen molar-refractivity contribution in [2.75, 3.05) is 22.9 Å². The van der Waals surface area contributed by atoms with Gasteiger partial charge in [0, 0.05) is 38.1 Å². The molecule has 164 valence electrons. The number of carbonyl (C=O) groups is 3. The molecule has 0 N–H and O–H groups in total. The summed E-state index contributed by atoms with van der Waals surface area (Å²) in [6.07, 6.45) is 1.54. The Morgan fingerprint density at radius 2 is 1.91 bits per heavy atom. The normalized spacial score (nSPS) is 21.5. The Morgan fingerprint density at radius 1 is 1.12 bits per heavy atom. The molecule has 3 aliphatic rings. The summed E-state index contributed by atoms with van der Waals surface area (Å²) in [6, 6.07) is 11.6. The summed E-state index contributed by atoms with van der Waals surface area (Å²) >= 11 is 0. The van der Waals surface area contributed by atoms with Crippen LogP contribution < -0.4 is 9.80 Å². The number of benzene rings is 2. The van der Waals surface area contributed by atoms with Crippen LogP contribution >= 0.6 is 0 Å². The van der Waals surface area contributed by atoms with Crippen LogP contribution in [-0.4, -0.2) is 46.3 Å². The van der Waals surface area contributed by atoms with Gasteiger partial charge in [-0.25, -0.2) is 0 Å². The van der Waals surface area contributed by atoms with Crippen LogP contribution in [0.15, 0.2) is 42.5 Å². The molecule has 1 atom stereocenters. The van der Waals surface area contributed by atoms with Crippen LogP contribution in [0.4, 0.5) is 17.1 Å². The summed E-state index contributed by atoms with van der Waals surface area (Å²) < 4.78 is 0. The third kappa shape index (κ3) is 2.88. The van der Waals surface area contributed by atoms with E-state index in [0.29, 0.717) is 42.7 Å².